The van der Waals surface area contributed by atoms with Crippen molar-refractivity contribution in [2.75, 3.05) is 14.2 Å². The van der Waals surface area contributed by atoms with Gasteiger partial charge in [-0.25, -0.2) is 0 Å². The highest BCUT2D eigenvalue weighted by Crippen LogP contribution is 2.19. The first-order chi connectivity index (χ1) is 5.60. The third kappa shape index (κ3) is 3.19. The largest absolute Gasteiger partial charge is 0.408 e. The van der Waals surface area contributed by atoms with Gasteiger partial charge in [-0.1, -0.05) is 6.92 Å². The summed E-state index contributed by atoms with van der Waals surface area (Å²) in [6, 6.07) is 0. The second-order valence-corrected chi connectivity index (χ2v) is 2.43. The quantitative estimate of drug-likeness (QED) is 0.468. The molecule has 0 saturated heterocycles. The molecule has 0 aromatic heterocycles. The molecule has 0 heterocycles. The zero-order chi connectivity index (χ0) is 9.61. The van der Waals surface area contributed by atoms with E-state index in [0.717, 1.165) is 6.42 Å². The van der Waals surface area contributed by atoms with Crippen LogP contribution < -0.4 is 0 Å². The van der Waals surface area contributed by atoms with Crippen molar-refractivity contribution in [3.8, 4) is 0 Å². The fraction of sp³-hybridized carbons (Fsp3) is 0.875. The molecule has 0 aromatic rings. The summed E-state index contributed by atoms with van der Waals surface area (Å²) < 4.78 is 14.8. The topological polar surface area (TPSA) is 44.8 Å². The van der Waals surface area contributed by atoms with Gasteiger partial charge in [0.1, 0.15) is 0 Å². The standard InChI is InChI=1S/C8H16O4/c1-5-6-8(10-3,11-4)12-7(2)9/h5-6H2,1-4H3. The molecule has 0 amide bonds. The Kier molecular flexibility index (Phi) is 4.85. The van der Waals surface area contributed by atoms with E-state index in [9.17, 15) is 4.79 Å². The van der Waals surface area contributed by atoms with E-state index in [1.807, 2.05) is 6.92 Å². The highest BCUT2D eigenvalue weighted by Gasteiger charge is 2.32. The van der Waals surface area contributed by atoms with Gasteiger partial charge in [0.05, 0.1) is 0 Å². The Labute approximate surface area is 72.8 Å². The maximum atomic E-state index is 10.7. The van der Waals surface area contributed by atoms with Gasteiger partial charge < -0.3 is 14.2 Å². The molecule has 0 rings (SSSR count). The predicted molar refractivity (Wildman–Crippen MR) is 43.4 cm³/mol. The summed E-state index contributed by atoms with van der Waals surface area (Å²) in [5, 5.41) is 0. The number of rotatable bonds is 5. The zero-order valence-electron chi connectivity index (χ0n) is 8.05. The number of hydrogen-bond acceptors (Lipinski definition) is 4. The average molecular weight is 176 g/mol. The monoisotopic (exact) mass is 176 g/mol. The number of esters is 1. The van der Waals surface area contributed by atoms with Crippen molar-refractivity contribution in [1.82, 2.24) is 0 Å². The second-order valence-electron chi connectivity index (χ2n) is 2.43. The van der Waals surface area contributed by atoms with E-state index >= 15 is 0 Å². The fourth-order valence-corrected chi connectivity index (χ4v) is 0.947. The molecule has 0 aliphatic carbocycles. The van der Waals surface area contributed by atoms with E-state index in [1.54, 1.807) is 0 Å². The maximum absolute atomic E-state index is 10.7. The van der Waals surface area contributed by atoms with Crippen molar-refractivity contribution in [2.45, 2.75) is 32.7 Å². The molecule has 0 unspecified atom stereocenters. The lowest BCUT2D eigenvalue weighted by Gasteiger charge is -2.28. The lowest BCUT2D eigenvalue weighted by Crippen LogP contribution is -2.38. The third-order valence-corrected chi connectivity index (χ3v) is 1.48. The molecule has 0 atom stereocenters. The highest BCUT2D eigenvalue weighted by atomic mass is 16.9. The van der Waals surface area contributed by atoms with Crippen LogP contribution in [0.1, 0.15) is 26.7 Å². The SMILES string of the molecule is CCCC(OC)(OC)OC(C)=O. The number of ether oxygens (including phenoxy) is 3. The van der Waals surface area contributed by atoms with Crippen molar-refractivity contribution >= 4 is 5.97 Å². The van der Waals surface area contributed by atoms with E-state index in [4.69, 9.17) is 14.2 Å². The molecular weight excluding hydrogens is 160 g/mol. The van der Waals surface area contributed by atoms with Crippen molar-refractivity contribution in [3.05, 3.63) is 0 Å². The molecule has 4 nitrogen and oxygen atoms in total. The van der Waals surface area contributed by atoms with Gasteiger partial charge in [0.25, 0.3) is 0 Å². The lowest BCUT2D eigenvalue weighted by molar-refractivity contribution is -0.346. The van der Waals surface area contributed by atoms with Gasteiger partial charge in [0.2, 0.25) is 0 Å². The van der Waals surface area contributed by atoms with Crippen LogP contribution in [0.15, 0.2) is 0 Å². The molecule has 0 radical (unpaired) electrons. The van der Waals surface area contributed by atoms with E-state index in [-0.39, 0.29) is 0 Å². The van der Waals surface area contributed by atoms with E-state index in [1.165, 1.54) is 21.1 Å². The Morgan fingerprint density at radius 2 is 1.83 bits per heavy atom. The molecule has 0 spiro atoms. The predicted octanol–water partition coefficient (Wildman–Crippen LogP) is 1.30. The molecule has 0 aromatic carbocycles. The maximum Gasteiger partial charge on any atom is 0.328 e. The molecule has 0 N–H and O–H groups in total. The highest BCUT2D eigenvalue weighted by molar-refractivity contribution is 5.66. The first kappa shape index (κ1) is 11.4. The van der Waals surface area contributed by atoms with E-state index in [2.05, 4.69) is 0 Å². The minimum Gasteiger partial charge on any atom is -0.408 e. The molecule has 12 heavy (non-hydrogen) atoms. The molecule has 0 fully saturated rings. The lowest BCUT2D eigenvalue weighted by atomic mass is 10.3. The van der Waals surface area contributed by atoms with Gasteiger partial charge in [-0.15, -0.1) is 0 Å². The molecule has 4 heteroatoms. The van der Waals surface area contributed by atoms with Gasteiger partial charge >= 0.3 is 11.9 Å². The Hall–Kier alpha value is -0.610. The third-order valence-electron chi connectivity index (χ3n) is 1.48. The van der Waals surface area contributed by atoms with Crippen LogP contribution in [0.25, 0.3) is 0 Å². The zero-order valence-corrected chi connectivity index (χ0v) is 8.05. The Morgan fingerprint density at radius 3 is 2.08 bits per heavy atom. The van der Waals surface area contributed by atoms with Crippen molar-refractivity contribution in [1.29, 1.82) is 0 Å². The van der Waals surface area contributed by atoms with Crippen LogP contribution >= 0.6 is 0 Å². The van der Waals surface area contributed by atoms with Gasteiger partial charge in [0.15, 0.2) is 0 Å². The smallest absolute Gasteiger partial charge is 0.328 e. The molecular formula is C8H16O4. The number of hydrogen-bond donors (Lipinski definition) is 0. The molecule has 0 aliphatic heterocycles. The minimum atomic E-state index is -1.19. The number of carbonyl (C=O) groups is 1. The summed E-state index contributed by atoms with van der Waals surface area (Å²) in [6.45, 7) is 3.28. The van der Waals surface area contributed by atoms with Gasteiger partial charge in [-0.2, -0.15) is 0 Å². The Morgan fingerprint density at radius 1 is 1.33 bits per heavy atom. The number of carbonyl (C=O) groups excluding carboxylic acids is 1. The normalized spacial score (nSPS) is 11.3. The minimum absolute atomic E-state index is 0.410. The Bertz CT molecular complexity index is 140. The van der Waals surface area contributed by atoms with Crippen LogP contribution in [0.4, 0.5) is 0 Å². The summed E-state index contributed by atoms with van der Waals surface area (Å²) in [6.07, 6.45) is 1.34. The van der Waals surface area contributed by atoms with Gasteiger partial charge in [-0.3, -0.25) is 4.79 Å². The van der Waals surface area contributed by atoms with Gasteiger partial charge in [0, 0.05) is 27.6 Å². The summed E-state index contributed by atoms with van der Waals surface area (Å²) in [5.41, 5.74) is 0. The Balaban J connectivity index is 4.23. The summed E-state index contributed by atoms with van der Waals surface area (Å²) in [7, 11) is 2.89. The van der Waals surface area contributed by atoms with Crippen LogP contribution in [0.2, 0.25) is 0 Å². The molecule has 72 valence electrons. The fourth-order valence-electron chi connectivity index (χ4n) is 0.947. The van der Waals surface area contributed by atoms with E-state index < -0.39 is 11.9 Å². The first-order valence-electron chi connectivity index (χ1n) is 3.90. The van der Waals surface area contributed by atoms with Crippen molar-refractivity contribution in [2.24, 2.45) is 0 Å². The first-order valence-corrected chi connectivity index (χ1v) is 3.90. The molecule has 0 aliphatic rings. The van der Waals surface area contributed by atoms with Gasteiger partial charge in [-0.05, 0) is 6.42 Å². The van der Waals surface area contributed by atoms with Crippen LogP contribution in [0.3, 0.4) is 0 Å². The van der Waals surface area contributed by atoms with Crippen LogP contribution in [0.5, 0.6) is 0 Å². The molecule has 0 bridgehead atoms. The van der Waals surface area contributed by atoms with Crippen LogP contribution in [-0.2, 0) is 19.0 Å². The van der Waals surface area contributed by atoms with Crippen LogP contribution in [0, 0.1) is 0 Å². The van der Waals surface area contributed by atoms with Crippen molar-refractivity contribution < 1.29 is 19.0 Å². The number of methoxy groups -OCH3 is 2. The summed E-state index contributed by atoms with van der Waals surface area (Å²) >= 11 is 0. The summed E-state index contributed by atoms with van der Waals surface area (Å²) in [5.74, 6) is -1.60. The average Bonchev–Trinajstić information content (AvgIpc) is 2.03. The second kappa shape index (κ2) is 5.11. The van der Waals surface area contributed by atoms with E-state index in [0.29, 0.717) is 6.42 Å². The van der Waals surface area contributed by atoms with Crippen molar-refractivity contribution in [3.63, 3.8) is 0 Å². The summed E-state index contributed by atoms with van der Waals surface area (Å²) in [4.78, 5) is 10.7. The van der Waals surface area contributed by atoms with Crippen LogP contribution in [-0.4, -0.2) is 26.2 Å². The molecule has 0 saturated carbocycles.